The topological polar surface area (TPSA) is 60.8 Å². The van der Waals surface area contributed by atoms with Gasteiger partial charge in [0.1, 0.15) is 0 Å². The summed E-state index contributed by atoms with van der Waals surface area (Å²) in [5, 5.41) is 7.98. The number of thioether (sulfide) groups is 1. The van der Waals surface area contributed by atoms with Gasteiger partial charge in [0.15, 0.2) is 11.0 Å². The Labute approximate surface area is 167 Å². The number of nitrogens with zero attached hydrogens (tertiary/aromatic N) is 3. The van der Waals surface area contributed by atoms with Crippen LogP contribution in [0.5, 0.6) is 0 Å². The van der Waals surface area contributed by atoms with Crippen molar-refractivity contribution in [1.82, 2.24) is 9.99 Å². The number of rotatable bonds is 3. The average Bonchev–Trinajstić information content (AvgIpc) is 3.31. The summed E-state index contributed by atoms with van der Waals surface area (Å²) in [4.78, 5) is 21.4. The molecule has 1 aromatic heterocycles. The van der Waals surface area contributed by atoms with Crippen LogP contribution in [0.25, 0.3) is 10.9 Å². The van der Waals surface area contributed by atoms with Crippen LogP contribution in [-0.4, -0.2) is 32.4 Å². The number of aliphatic imine (C=N–C) groups is 1. The number of carbonyl (C=O) groups is 1. The number of Topliss-reactive ketones (excluding diaryl/α,β-unsaturated/α-hetero) is 1. The summed E-state index contributed by atoms with van der Waals surface area (Å²) < 4.78 is 0. The van der Waals surface area contributed by atoms with Gasteiger partial charge in [-0.2, -0.15) is 5.10 Å². The highest BCUT2D eigenvalue weighted by molar-refractivity contribution is 8.14. The second-order valence-corrected chi connectivity index (χ2v) is 8.45. The summed E-state index contributed by atoms with van der Waals surface area (Å²) in [7, 11) is 0. The van der Waals surface area contributed by atoms with Gasteiger partial charge in [0.05, 0.1) is 17.0 Å². The van der Waals surface area contributed by atoms with Crippen LogP contribution in [0.3, 0.4) is 0 Å². The number of hydrazone groups is 1. The SMILES string of the molecule is Cc1[nH]c2ccccc2c1C(=O)[C@@H](C)SC1=Nc2ccccc2[C@@H]2CC=NN12. The number of aryl methyl sites for hydroxylation is 1. The molecular formula is C22H20N4OS. The monoisotopic (exact) mass is 388 g/mol. The van der Waals surface area contributed by atoms with Crippen molar-refractivity contribution in [2.24, 2.45) is 10.1 Å². The number of benzene rings is 2. The molecule has 2 aliphatic heterocycles. The first-order chi connectivity index (χ1) is 13.6. The predicted octanol–water partition coefficient (Wildman–Crippen LogP) is 5.21. The molecule has 6 heteroatoms. The molecule has 0 unspecified atom stereocenters. The molecule has 0 radical (unpaired) electrons. The fourth-order valence-corrected chi connectivity index (χ4v) is 4.95. The number of H-pyrrole nitrogens is 1. The van der Waals surface area contributed by atoms with E-state index in [0.29, 0.717) is 0 Å². The minimum atomic E-state index is -0.265. The second-order valence-electron chi connectivity index (χ2n) is 7.14. The molecule has 0 saturated carbocycles. The summed E-state index contributed by atoms with van der Waals surface area (Å²) >= 11 is 1.48. The first kappa shape index (κ1) is 17.3. The van der Waals surface area contributed by atoms with Crippen LogP contribution in [0, 0.1) is 6.92 Å². The van der Waals surface area contributed by atoms with Crippen LogP contribution >= 0.6 is 11.8 Å². The highest BCUT2D eigenvalue weighted by Gasteiger charge is 2.34. The Kier molecular flexibility index (Phi) is 4.09. The van der Waals surface area contributed by atoms with Gasteiger partial charge >= 0.3 is 0 Å². The number of ketones is 1. The number of carbonyl (C=O) groups excluding carboxylic acids is 1. The standard InChI is InChI=1S/C22H20N4OS/c1-13-20(16-8-4-6-10-18(16)24-13)21(27)14(2)28-22-25-17-9-5-3-7-15(17)19-11-12-23-26(19)22/h3-10,12,14,19,24H,11H2,1-2H3/t14-,19+/m1/s1. The Hall–Kier alpha value is -2.86. The number of hydrogen-bond acceptors (Lipinski definition) is 5. The Balaban J connectivity index is 1.47. The molecule has 2 atom stereocenters. The first-order valence-corrected chi connectivity index (χ1v) is 10.3. The number of nitrogens with one attached hydrogen (secondary N) is 1. The van der Waals surface area contributed by atoms with Crippen molar-refractivity contribution in [3.63, 3.8) is 0 Å². The second kappa shape index (κ2) is 6.63. The highest BCUT2D eigenvalue weighted by atomic mass is 32.2. The van der Waals surface area contributed by atoms with E-state index >= 15 is 0 Å². The maximum atomic E-state index is 13.3. The van der Waals surface area contributed by atoms with E-state index in [1.54, 1.807) is 0 Å². The van der Waals surface area contributed by atoms with Crippen molar-refractivity contribution in [1.29, 1.82) is 0 Å². The van der Waals surface area contributed by atoms with E-state index in [0.717, 1.165) is 39.4 Å². The third-order valence-electron chi connectivity index (χ3n) is 5.33. The van der Waals surface area contributed by atoms with E-state index in [1.165, 1.54) is 17.3 Å². The van der Waals surface area contributed by atoms with Crippen LogP contribution < -0.4 is 0 Å². The molecule has 1 N–H and O–H groups in total. The molecule has 0 amide bonds. The normalized spacial score (nSPS) is 18.7. The number of fused-ring (bicyclic) bond motifs is 4. The molecule has 2 aliphatic rings. The van der Waals surface area contributed by atoms with Gasteiger partial charge < -0.3 is 4.98 Å². The van der Waals surface area contributed by atoms with Gasteiger partial charge in [-0.1, -0.05) is 48.2 Å². The molecule has 0 bridgehead atoms. The quantitative estimate of drug-likeness (QED) is 0.626. The summed E-state index contributed by atoms with van der Waals surface area (Å²) in [5.41, 5.74) is 4.84. The molecule has 5 nitrogen and oxygen atoms in total. The van der Waals surface area contributed by atoms with Crippen LogP contribution in [0.4, 0.5) is 5.69 Å². The van der Waals surface area contributed by atoms with E-state index in [1.807, 2.05) is 67.5 Å². The fourth-order valence-electron chi connectivity index (χ4n) is 3.97. The first-order valence-electron chi connectivity index (χ1n) is 9.41. The molecule has 2 aromatic carbocycles. The van der Waals surface area contributed by atoms with Gasteiger partial charge in [0, 0.05) is 40.4 Å². The van der Waals surface area contributed by atoms with Crippen LogP contribution in [-0.2, 0) is 0 Å². The Morgan fingerprint density at radius 3 is 2.89 bits per heavy atom. The summed E-state index contributed by atoms with van der Waals surface area (Å²) in [5.74, 6) is 0.112. The number of aromatic nitrogens is 1. The van der Waals surface area contributed by atoms with Gasteiger partial charge in [-0.3, -0.25) is 4.79 Å². The molecule has 0 saturated heterocycles. The van der Waals surface area contributed by atoms with Crippen molar-refractivity contribution in [2.45, 2.75) is 31.6 Å². The third-order valence-corrected chi connectivity index (χ3v) is 6.39. The zero-order valence-electron chi connectivity index (χ0n) is 15.7. The van der Waals surface area contributed by atoms with Crippen molar-refractivity contribution >= 4 is 45.5 Å². The van der Waals surface area contributed by atoms with Gasteiger partial charge in [0.25, 0.3) is 0 Å². The van der Waals surface area contributed by atoms with Crippen molar-refractivity contribution < 1.29 is 4.79 Å². The largest absolute Gasteiger partial charge is 0.358 e. The molecule has 3 aromatic rings. The van der Waals surface area contributed by atoms with Crippen molar-refractivity contribution in [3.8, 4) is 0 Å². The average molecular weight is 388 g/mol. The molecular weight excluding hydrogens is 368 g/mol. The van der Waals surface area contributed by atoms with Gasteiger partial charge in [-0.15, -0.1) is 0 Å². The van der Waals surface area contributed by atoms with E-state index in [4.69, 9.17) is 4.99 Å². The summed E-state index contributed by atoms with van der Waals surface area (Å²) in [6, 6.07) is 16.3. The zero-order chi connectivity index (χ0) is 19.3. The van der Waals surface area contributed by atoms with Gasteiger partial charge in [-0.25, -0.2) is 10.0 Å². The summed E-state index contributed by atoms with van der Waals surface area (Å²) in [6.07, 6.45) is 2.79. The van der Waals surface area contributed by atoms with E-state index in [-0.39, 0.29) is 17.1 Å². The van der Waals surface area contributed by atoms with Crippen molar-refractivity contribution in [2.75, 3.05) is 0 Å². The Morgan fingerprint density at radius 1 is 1.21 bits per heavy atom. The van der Waals surface area contributed by atoms with E-state index in [9.17, 15) is 4.79 Å². The lowest BCUT2D eigenvalue weighted by atomic mass is 10.0. The molecule has 140 valence electrons. The minimum absolute atomic E-state index is 0.112. The zero-order valence-corrected chi connectivity index (χ0v) is 16.5. The third kappa shape index (κ3) is 2.67. The smallest absolute Gasteiger partial charge is 0.186 e. The Bertz CT molecular complexity index is 1150. The number of hydrogen-bond donors (Lipinski definition) is 1. The molecule has 0 spiro atoms. The van der Waals surface area contributed by atoms with Crippen LogP contribution in [0.15, 0.2) is 58.6 Å². The maximum absolute atomic E-state index is 13.3. The van der Waals surface area contributed by atoms with Crippen LogP contribution in [0.2, 0.25) is 0 Å². The molecule has 28 heavy (non-hydrogen) atoms. The lowest BCUT2D eigenvalue weighted by Crippen LogP contribution is -2.30. The van der Waals surface area contributed by atoms with Crippen molar-refractivity contribution in [3.05, 3.63) is 65.4 Å². The highest BCUT2D eigenvalue weighted by Crippen LogP contribution is 2.42. The van der Waals surface area contributed by atoms with Gasteiger partial charge in [0.2, 0.25) is 0 Å². The van der Waals surface area contributed by atoms with Gasteiger partial charge in [-0.05, 0) is 26.0 Å². The maximum Gasteiger partial charge on any atom is 0.186 e. The molecule has 0 fully saturated rings. The lowest BCUT2D eigenvalue weighted by Gasteiger charge is -2.30. The fraction of sp³-hybridized carbons (Fsp3) is 0.227. The minimum Gasteiger partial charge on any atom is -0.358 e. The number of para-hydroxylation sites is 2. The Morgan fingerprint density at radius 2 is 2.00 bits per heavy atom. The summed E-state index contributed by atoms with van der Waals surface area (Å²) in [6.45, 7) is 3.91. The molecule has 5 rings (SSSR count). The van der Waals surface area contributed by atoms with E-state index in [2.05, 4.69) is 16.2 Å². The number of amidine groups is 1. The molecule has 3 heterocycles. The molecule has 0 aliphatic carbocycles. The van der Waals surface area contributed by atoms with Crippen LogP contribution in [0.1, 0.15) is 41.0 Å². The van der Waals surface area contributed by atoms with E-state index < -0.39 is 0 Å². The lowest BCUT2D eigenvalue weighted by molar-refractivity contribution is 0.0995. The number of aromatic amines is 1. The predicted molar refractivity (Wildman–Crippen MR) is 116 cm³/mol.